The van der Waals surface area contributed by atoms with Gasteiger partial charge in [0.05, 0.1) is 37.5 Å². The number of carbonyl (C=O) groups is 2. The maximum absolute atomic E-state index is 12.5. The summed E-state index contributed by atoms with van der Waals surface area (Å²) < 4.78 is 18.0. The van der Waals surface area contributed by atoms with Gasteiger partial charge in [-0.2, -0.15) is 0 Å². The van der Waals surface area contributed by atoms with E-state index in [-0.39, 0.29) is 17.5 Å². The molecule has 3 aromatic rings. The van der Waals surface area contributed by atoms with Crippen LogP contribution in [-0.2, 0) is 20.3 Å². The minimum absolute atomic E-state index is 0.206. The molecule has 0 unspecified atom stereocenters. The maximum atomic E-state index is 12.5. The summed E-state index contributed by atoms with van der Waals surface area (Å²) in [5.41, 5.74) is 1.10. The third-order valence-corrected chi connectivity index (χ3v) is 6.57. The third kappa shape index (κ3) is 4.28. The van der Waals surface area contributed by atoms with E-state index in [0.29, 0.717) is 4.90 Å². The summed E-state index contributed by atoms with van der Waals surface area (Å²) in [5.74, 6) is -1.00. The van der Waals surface area contributed by atoms with Crippen molar-refractivity contribution in [2.45, 2.75) is 17.9 Å². The molecule has 2 aromatic carbocycles. The first-order chi connectivity index (χ1) is 13.4. The summed E-state index contributed by atoms with van der Waals surface area (Å²) in [4.78, 5) is 31.3. The van der Waals surface area contributed by atoms with E-state index >= 15 is 0 Å². The normalized spacial score (nSPS) is 13.1. The fourth-order valence-corrected chi connectivity index (χ4v) is 4.44. The van der Waals surface area contributed by atoms with Crippen molar-refractivity contribution in [2.75, 3.05) is 19.9 Å². The molecule has 28 heavy (non-hydrogen) atoms. The summed E-state index contributed by atoms with van der Waals surface area (Å²) in [6, 6.07) is 14.0. The highest BCUT2D eigenvalue weighted by Gasteiger charge is 2.23. The molecule has 6 nitrogen and oxygen atoms in total. The fourth-order valence-electron chi connectivity index (χ4n) is 2.64. The molecule has 146 valence electrons. The number of ether oxygens (including phenoxy) is 1. The zero-order valence-corrected chi connectivity index (χ0v) is 17.4. The molecule has 0 aliphatic carbocycles. The molecular weight excluding hydrogens is 396 g/mol. The highest BCUT2D eigenvalue weighted by atomic mass is 32.2. The molecule has 8 heteroatoms. The Kier molecular flexibility index (Phi) is 6.21. The van der Waals surface area contributed by atoms with Crippen molar-refractivity contribution < 1.29 is 18.5 Å². The van der Waals surface area contributed by atoms with Crippen molar-refractivity contribution in [3.63, 3.8) is 0 Å². The van der Waals surface area contributed by atoms with Crippen LogP contribution in [0.3, 0.4) is 0 Å². The van der Waals surface area contributed by atoms with E-state index < -0.39 is 23.4 Å². The second kappa shape index (κ2) is 8.62. The van der Waals surface area contributed by atoms with E-state index in [1.54, 1.807) is 25.2 Å². The molecular formula is C20H20N2O4S2. The van der Waals surface area contributed by atoms with E-state index in [2.05, 4.69) is 4.98 Å². The number of thiazole rings is 1. The minimum Gasteiger partial charge on any atom is -0.452 e. The Balaban J connectivity index is 1.65. The number of nitrogens with zero attached hydrogens (tertiary/aromatic N) is 2. The lowest BCUT2D eigenvalue weighted by Gasteiger charge is -2.23. The first kappa shape index (κ1) is 20.2. The second-order valence-electron chi connectivity index (χ2n) is 6.23. The van der Waals surface area contributed by atoms with Gasteiger partial charge >= 0.3 is 5.97 Å². The zero-order chi connectivity index (χ0) is 20.3. The van der Waals surface area contributed by atoms with Crippen LogP contribution in [-0.4, -0.2) is 45.9 Å². The van der Waals surface area contributed by atoms with Gasteiger partial charge in [-0.3, -0.25) is 9.00 Å². The van der Waals surface area contributed by atoms with Crippen LogP contribution < -0.4 is 0 Å². The largest absolute Gasteiger partial charge is 0.452 e. The molecule has 0 spiro atoms. The monoisotopic (exact) mass is 416 g/mol. The molecule has 1 heterocycles. The van der Waals surface area contributed by atoms with Gasteiger partial charge in [-0.05, 0) is 31.2 Å². The molecule has 1 amide bonds. The van der Waals surface area contributed by atoms with Crippen LogP contribution in [0, 0.1) is 0 Å². The number of rotatable bonds is 6. The van der Waals surface area contributed by atoms with Crippen LogP contribution in [0.25, 0.3) is 10.2 Å². The van der Waals surface area contributed by atoms with Gasteiger partial charge in [0, 0.05) is 13.3 Å². The maximum Gasteiger partial charge on any atom is 0.339 e. The van der Waals surface area contributed by atoms with Gasteiger partial charge in [-0.1, -0.05) is 24.3 Å². The number of fused-ring (bicyclic) bond motifs is 1. The molecule has 0 N–H and O–H groups in total. The fraction of sp³-hybridized carbons (Fsp3) is 0.250. The molecule has 2 atom stereocenters. The average Bonchev–Trinajstić information content (AvgIpc) is 3.14. The van der Waals surface area contributed by atoms with Crippen molar-refractivity contribution in [3.05, 3.63) is 59.1 Å². The molecule has 0 bridgehead atoms. The molecule has 0 fully saturated rings. The summed E-state index contributed by atoms with van der Waals surface area (Å²) >= 11 is 1.53. The number of hydrogen-bond donors (Lipinski definition) is 0. The van der Waals surface area contributed by atoms with Crippen LogP contribution in [0.4, 0.5) is 0 Å². The van der Waals surface area contributed by atoms with Crippen molar-refractivity contribution in [2.24, 2.45) is 0 Å². The topological polar surface area (TPSA) is 76.6 Å². The zero-order valence-electron chi connectivity index (χ0n) is 15.7. The lowest BCUT2D eigenvalue weighted by Crippen LogP contribution is -2.33. The molecule has 0 aliphatic heterocycles. The van der Waals surface area contributed by atoms with E-state index in [9.17, 15) is 13.8 Å². The highest BCUT2D eigenvalue weighted by molar-refractivity contribution is 7.84. The van der Waals surface area contributed by atoms with E-state index in [0.717, 1.165) is 15.2 Å². The van der Waals surface area contributed by atoms with Crippen LogP contribution in [0.5, 0.6) is 0 Å². The molecule has 1 aromatic heterocycles. The Hall–Kier alpha value is -2.58. The van der Waals surface area contributed by atoms with Gasteiger partial charge in [0.25, 0.3) is 5.91 Å². The average molecular weight is 417 g/mol. The summed E-state index contributed by atoms with van der Waals surface area (Å²) in [6.07, 6.45) is 1.49. The number of carbonyl (C=O) groups excluding carboxylic acids is 2. The summed E-state index contributed by atoms with van der Waals surface area (Å²) in [6.45, 7) is 1.49. The number of esters is 1. The van der Waals surface area contributed by atoms with Gasteiger partial charge < -0.3 is 9.64 Å². The number of likely N-dealkylation sites (N-methyl/N-ethyl adjacent to an activating group) is 1. The number of benzene rings is 2. The summed E-state index contributed by atoms with van der Waals surface area (Å²) in [7, 11) is 0.327. The van der Waals surface area contributed by atoms with Crippen molar-refractivity contribution in [3.8, 4) is 0 Å². The van der Waals surface area contributed by atoms with Crippen molar-refractivity contribution in [1.82, 2.24) is 9.88 Å². The summed E-state index contributed by atoms with van der Waals surface area (Å²) in [5, 5.41) is 0.815. The lowest BCUT2D eigenvalue weighted by atomic mass is 10.2. The lowest BCUT2D eigenvalue weighted by molar-refractivity contribution is -0.135. The standard InChI is InChI=1S/C20H20N2O4S2/c1-13(19-21-15-9-5-6-10-16(15)27-19)22(2)18(23)12-26-20(24)14-8-4-7-11-17(14)28(3)25/h4-11,13H,12H2,1-3H3/t13-,28+/m0/s1. The Labute approximate surface area is 169 Å². The SMILES string of the molecule is C[C@@H](c1nc2ccccc2s1)N(C)C(=O)COC(=O)c1ccccc1[S@@](C)=O. The van der Waals surface area contributed by atoms with Gasteiger partial charge in [0.1, 0.15) is 5.01 Å². The van der Waals surface area contributed by atoms with Gasteiger partial charge in [0.2, 0.25) is 0 Å². The quantitative estimate of drug-likeness (QED) is 0.576. The molecule has 0 radical (unpaired) electrons. The predicted octanol–water partition coefficient (Wildman–Crippen LogP) is 3.41. The molecule has 0 aliphatic rings. The number of aromatic nitrogens is 1. The highest BCUT2D eigenvalue weighted by Crippen LogP contribution is 2.28. The third-order valence-electron chi connectivity index (χ3n) is 4.39. The van der Waals surface area contributed by atoms with Gasteiger partial charge in [-0.25, -0.2) is 9.78 Å². The Morgan fingerprint density at radius 1 is 1.18 bits per heavy atom. The van der Waals surface area contributed by atoms with Crippen LogP contribution in [0.2, 0.25) is 0 Å². The van der Waals surface area contributed by atoms with E-state index in [4.69, 9.17) is 4.74 Å². The van der Waals surface area contributed by atoms with Crippen LogP contribution in [0.15, 0.2) is 53.4 Å². The van der Waals surface area contributed by atoms with Crippen molar-refractivity contribution in [1.29, 1.82) is 0 Å². The Morgan fingerprint density at radius 3 is 2.57 bits per heavy atom. The van der Waals surface area contributed by atoms with E-state index in [1.807, 2.05) is 31.2 Å². The van der Waals surface area contributed by atoms with E-state index in [1.165, 1.54) is 28.6 Å². The second-order valence-corrected chi connectivity index (χ2v) is 8.64. The first-order valence-electron chi connectivity index (χ1n) is 8.59. The Bertz CT molecular complexity index is 1010. The molecule has 3 rings (SSSR count). The number of hydrogen-bond acceptors (Lipinski definition) is 6. The van der Waals surface area contributed by atoms with Gasteiger partial charge in [0.15, 0.2) is 6.61 Å². The van der Waals surface area contributed by atoms with Crippen molar-refractivity contribution >= 4 is 44.2 Å². The number of amides is 1. The molecule has 0 saturated carbocycles. The van der Waals surface area contributed by atoms with Crippen LogP contribution >= 0.6 is 11.3 Å². The first-order valence-corrected chi connectivity index (χ1v) is 11.0. The van der Waals surface area contributed by atoms with Crippen LogP contribution in [0.1, 0.15) is 28.3 Å². The molecule has 0 saturated heterocycles. The predicted molar refractivity (Wildman–Crippen MR) is 110 cm³/mol. The minimum atomic E-state index is -1.33. The van der Waals surface area contributed by atoms with Gasteiger partial charge in [-0.15, -0.1) is 11.3 Å². The Morgan fingerprint density at radius 2 is 1.86 bits per heavy atom. The smallest absolute Gasteiger partial charge is 0.339 e. The number of para-hydroxylation sites is 1.